The summed E-state index contributed by atoms with van der Waals surface area (Å²) in [5.74, 6) is -0.0763. The van der Waals surface area contributed by atoms with E-state index < -0.39 is 17.6 Å². The van der Waals surface area contributed by atoms with E-state index in [1.54, 1.807) is 0 Å². The van der Waals surface area contributed by atoms with Crippen LogP contribution in [-0.4, -0.2) is 23.9 Å². The van der Waals surface area contributed by atoms with Crippen molar-refractivity contribution < 1.29 is 18.0 Å². The molecule has 1 aliphatic heterocycles. The van der Waals surface area contributed by atoms with Gasteiger partial charge < -0.3 is 5.32 Å². The van der Waals surface area contributed by atoms with E-state index in [0.29, 0.717) is 5.92 Å². The van der Waals surface area contributed by atoms with E-state index in [4.69, 9.17) is 11.6 Å². The summed E-state index contributed by atoms with van der Waals surface area (Å²) in [5.41, 5.74) is 2.59. The first-order chi connectivity index (χ1) is 16.3. The Labute approximate surface area is 202 Å². The van der Waals surface area contributed by atoms with Gasteiger partial charge in [-0.05, 0) is 78.9 Å². The highest BCUT2D eigenvalue weighted by Gasteiger charge is 2.30. The average molecular weight is 487 g/mol. The number of rotatable bonds is 6. The van der Waals surface area contributed by atoms with Crippen molar-refractivity contribution in [2.24, 2.45) is 0 Å². The summed E-state index contributed by atoms with van der Waals surface area (Å²) in [7, 11) is 0. The lowest BCUT2D eigenvalue weighted by Gasteiger charge is -2.32. The van der Waals surface area contributed by atoms with Gasteiger partial charge in [-0.1, -0.05) is 54.1 Å². The molecule has 0 unspecified atom stereocenters. The zero-order valence-electron chi connectivity index (χ0n) is 18.6. The molecule has 0 spiro atoms. The van der Waals surface area contributed by atoms with Crippen LogP contribution in [-0.2, 0) is 19.3 Å². The van der Waals surface area contributed by atoms with Gasteiger partial charge in [-0.3, -0.25) is 9.69 Å². The second kappa shape index (κ2) is 10.6. The molecule has 1 saturated heterocycles. The Kier molecular flexibility index (Phi) is 7.59. The number of alkyl halides is 3. The maximum Gasteiger partial charge on any atom is 0.416 e. The van der Waals surface area contributed by atoms with Gasteiger partial charge in [0.05, 0.1) is 5.56 Å². The number of halogens is 4. The molecule has 1 amide bonds. The summed E-state index contributed by atoms with van der Waals surface area (Å²) in [6.45, 7) is 3.18. The highest BCUT2D eigenvalue weighted by Crippen LogP contribution is 2.30. The maximum atomic E-state index is 12.9. The van der Waals surface area contributed by atoms with Gasteiger partial charge in [0.2, 0.25) is 0 Å². The van der Waals surface area contributed by atoms with E-state index in [9.17, 15) is 18.0 Å². The molecule has 0 aromatic heterocycles. The van der Waals surface area contributed by atoms with Crippen LogP contribution in [0, 0.1) is 0 Å². The van der Waals surface area contributed by atoms with Crippen LogP contribution in [0.15, 0.2) is 72.8 Å². The summed E-state index contributed by atoms with van der Waals surface area (Å²) in [6, 6.07) is 20.5. The van der Waals surface area contributed by atoms with Gasteiger partial charge in [0, 0.05) is 23.7 Å². The Morgan fingerprint density at radius 1 is 0.941 bits per heavy atom. The van der Waals surface area contributed by atoms with E-state index in [1.807, 2.05) is 24.3 Å². The Balaban J connectivity index is 1.31. The number of benzene rings is 3. The Morgan fingerprint density at radius 3 is 2.35 bits per heavy atom. The average Bonchev–Trinajstić information content (AvgIpc) is 2.84. The lowest BCUT2D eigenvalue weighted by Crippen LogP contribution is -2.32. The lowest BCUT2D eigenvalue weighted by molar-refractivity contribution is -0.137. The zero-order valence-corrected chi connectivity index (χ0v) is 19.4. The number of amides is 1. The van der Waals surface area contributed by atoms with Crippen LogP contribution in [0.25, 0.3) is 0 Å². The molecule has 1 N–H and O–H groups in total. The SMILES string of the molecule is O=C(NCc1cccc(C2CCN(Cc3ccc(Cl)cc3)CC2)c1)c1cccc(C(F)(F)F)c1. The van der Waals surface area contributed by atoms with Crippen LogP contribution in [0.5, 0.6) is 0 Å². The monoisotopic (exact) mass is 486 g/mol. The van der Waals surface area contributed by atoms with Crippen molar-refractivity contribution in [1.29, 1.82) is 0 Å². The smallest absolute Gasteiger partial charge is 0.348 e. The first-order valence-electron chi connectivity index (χ1n) is 11.3. The minimum atomic E-state index is -4.48. The van der Waals surface area contributed by atoms with Crippen LogP contribution in [0.4, 0.5) is 13.2 Å². The first-order valence-corrected chi connectivity index (χ1v) is 11.7. The predicted octanol–water partition coefficient (Wildman–Crippen LogP) is 6.67. The van der Waals surface area contributed by atoms with Crippen molar-refractivity contribution in [1.82, 2.24) is 10.2 Å². The van der Waals surface area contributed by atoms with E-state index in [1.165, 1.54) is 23.3 Å². The maximum absolute atomic E-state index is 12.9. The van der Waals surface area contributed by atoms with Gasteiger partial charge in [0.25, 0.3) is 5.91 Å². The molecule has 1 heterocycles. The number of hydrogen-bond donors (Lipinski definition) is 1. The standard InChI is InChI=1S/C27H26ClF3N2O/c28-25-9-7-19(8-10-25)18-33-13-11-21(12-14-33)22-4-1-3-20(15-22)17-32-26(34)23-5-2-6-24(16-23)27(29,30)31/h1-10,15-16,21H,11-14,17-18H2,(H,32,34). The minimum Gasteiger partial charge on any atom is -0.348 e. The molecule has 4 rings (SSSR count). The fourth-order valence-electron chi connectivity index (χ4n) is 4.35. The first kappa shape index (κ1) is 24.3. The third-order valence-electron chi connectivity index (χ3n) is 6.23. The second-order valence-corrected chi connectivity index (χ2v) is 9.12. The van der Waals surface area contributed by atoms with Crippen molar-refractivity contribution in [2.45, 2.75) is 38.0 Å². The zero-order chi connectivity index (χ0) is 24.1. The molecule has 3 aromatic carbocycles. The lowest BCUT2D eigenvalue weighted by atomic mass is 9.88. The fourth-order valence-corrected chi connectivity index (χ4v) is 4.48. The van der Waals surface area contributed by atoms with Crippen molar-refractivity contribution in [2.75, 3.05) is 13.1 Å². The Bertz CT molecular complexity index is 1120. The molecule has 178 valence electrons. The molecule has 34 heavy (non-hydrogen) atoms. The summed E-state index contributed by atoms with van der Waals surface area (Å²) < 4.78 is 38.7. The van der Waals surface area contributed by atoms with Crippen molar-refractivity contribution in [3.05, 3.63) is 106 Å². The van der Waals surface area contributed by atoms with Crippen LogP contribution < -0.4 is 5.32 Å². The van der Waals surface area contributed by atoms with Crippen LogP contribution in [0.2, 0.25) is 5.02 Å². The normalized spacial score (nSPS) is 15.3. The molecule has 0 saturated carbocycles. The number of carbonyl (C=O) groups is 1. The number of piperidine rings is 1. The molecule has 7 heteroatoms. The largest absolute Gasteiger partial charge is 0.416 e. The van der Waals surface area contributed by atoms with Crippen molar-refractivity contribution in [3.8, 4) is 0 Å². The molecule has 1 fully saturated rings. The van der Waals surface area contributed by atoms with Gasteiger partial charge in [-0.2, -0.15) is 13.2 Å². The Hall–Kier alpha value is -2.83. The molecular formula is C27H26ClF3N2O. The predicted molar refractivity (Wildman–Crippen MR) is 128 cm³/mol. The molecule has 0 bridgehead atoms. The summed E-state index contributed by atoms with van der Waals surface area (Å²) in [5, 5.41) is 3.48. The molecule has 0 atom stereocenters. The van der Waals surface area contributed by atoms with Gasteiger partial charge >= 0.3 is 6.18 Å². The fraction of sp³-hybridized carbons (Fsp3) is 0.296. The van der Waals surface area contributed by atoms with E-state index in [2.05, 4.69) is 34.5 Å². The summed E-state index contributed by atoms with van der Waals surface area (Å²) in [6.07, 6.45) is -2.38. The highest BCUT2D eigenvalue weighted by molar-refractivity contribution is 6.30. The number of carbonyl (C=O) groups excluding carboxylic acids is 1. The van der Waals surface area contributed by atoms with E-state index in [-0.39, 0.29) is 12.1 Å². The van der Waals surface area contributed by atoms with Crippen molar-refractivity contribution >= 4 is 17.5 Å². The van der Waals surface area contributed by atoms with Crippen molar-refractivity contribution in [3.63, 3.8) is 0 Å². The highest BCUT2D eigenvalue weighted by atomic mass is 35.5. The van der Waals surface area contributed by atoms with Crippen LogP contribution in [0.3, 0.4) is 0 Å². The van der Waals surface area contributed by atoms with E-state index >= 15 is 0 Å². The second-order valence-electron chi connectivity index (χ2n) is 8.68. The van der Waals surface area contributed by atoms with E-state index in [0.717, 1.165) is 55.2 Å². The molecule has 0 radical (unpaired) electrons. The van der Waals surface area contributed by atoms with Gasteiger partial charge in [0.15, 0.2) is 0 Å². The van der Waals surface area contributed by atoms with Gasteiger partial charge in [0.1, 0.15) is 0 Å². The van der Waals surface area contributed by atoms with Gasteiger partial charge in [-0.25, -0.2) is 0 Å². The van der Waals surface area contributed by atoms with Crippen LogP contribution in [0.1, 0.15) is 51.4 Å². The Morgan fingerprint density at radius 2 is 1.65 bits per heavy atom. The third kappa shape index (κ3) is 6.39. The quantitative estimate of drug-likeness (QED) is 0.422. The topological polar surface area (TPSA) is 32.3 Å². The molecule has 0 aliphatic carbocycles. The number of nitrogens with one attached hydrogen (secondary N) is 1. The number of nitrogens with zero attached hydrogens (tertiary/aromatic N) is 1. The number of hydrogen-bond acceptors (Lipinski definition) is 2. The number of likely N-dealkylation sites (tertiary alicyclic amines) is 1. The molecule has 1 aliphatic rings. The van der Waals surface area contributed by atoms with Crippen LogP contribution >= 0.6 is 11.6 Å². The summed E-state index contributed by atoms with van der Waals surface area (Å²) in [4.78, 5) is 14.8. The molecular weight excluding hydrogens is 461 g/mol. The summed E-state index contributed by atoms with van der Waals surface area (Å²) >= 11 is 5.97. The molecule has 3 nitrogen and oxygen atoms in total. The molecule has 3 aromatic rings. The van der Waals surface area contributed by atoms with Gasteiger partial charge in [-0.15, -0.1) is 0 Å². The third-order valence-corrected chi connectivity index (χ3v) is 6.49. The minimum absolute atomic E-state index is 0.000890.